The van der Waals surface area contributed by atoms with Crippen molar-refractivity contribution < 1.29 is 0 Å². The van der Waals surface area contributed by atoms with Crippen LogP contribution in [-0.4, -0.2) is 20.4 Å². The molecule has 0 radical (unpaired) electrons. The summed E-state index contributed by atoms with van der Waals surface area (Å²) >= 11 is 0.213. The molecule has 0 unspecified atom stereocenters. The van der Waals surface area contributed by atoms with Crippen LogP contribution in [0.4, 0.5) is 0 Å². The molecule has 0 N–H and O–H groups in total. The summed E-state index contributed by atoms with van der Waals surface area (Å²) in [6.07, 6.45) is 0. The molecule has 1 heterocycles. The molecule has 0 atom stereocenters. The molecule has 0 aliphatic rings. The molecule has 0 saturated carbocycles. The Labute approximate surface area is 47.4 Å². The van der Waals surface area contributed by atoms with E-state index in [1.807, 2.05) is 0 Å². The van der Waals surface area contributed by atoms with Crippen LogP contribution in [0.2, 0.25) is 0 Å². The van der Waals surface area contributed by atoms with Gasteiger partial charge in [0.05, 0.1) is 0 Å². The Morgan fingerprint density at radius 3 is 2.67 bits per heavy atom. The first-order valence-electron chi connectivity index (χ1n) is 1.90. The second-order valence-corrected chi connectivity index (χ2v) is 4.51. The van der Waals surface area contributed by atoms with Gasteiger partial charge in [-0.15, -0.1) is 0 Å². The van der Waals surface area contributed by atoms with Crippen LogP contribution in [0.3, 0.4) is 0 Å². The summed E-state index contributed by atoms with van der Waals surface area (Å²) in [7, 11) is 0. The van der Waals surface area contributed by atoms with E-state index in [4.69, 9.17) is 0 Å². The zero-order valence-electron chi connectivity index (χ0n) is 3.64. The van der Waals surface area contributed by atoms with Crippen molar-refractivity contribution >= 4 is 20.4 Å². The van der Waals surface area contributed by atoms with Gasteiger partial charge in [-0.05, 0) is 0 Å². The molecule has 1 heteroatoms. The van der Waals surface area contributed by atoms with E-state index in [1.165, 1.54) is 0 Å². The molecule has 0 aromatic carbocycles. The molecular weight excluding hydrogens is 188 g/mol. The van der Waals surface area contributed by atoms with E-state index in [2.05, 4.69) is 23.1 Å². The third-order valence-electron chi connectivity index (χ3n) is 0.663. The van der Waals surface area contributed by atoms with Gasteiger partial charge >= 0.3 is 47.1 Å². The Morgan fingerprint density at radius 1 is 1.67 bits per heavy atom. The van der Waals surface area contributed by atoms with E-state index in [-0.39, 0.29) is 20.4 Å². The van der Waals surface area contributed by atoms with Crippen LogP contribution < -0.4 is 0 Å². The summed E-state index contributed by atoms with van der Waals surface area (Å²) in [5, 5.41) is 0. The van der Waals surface area contributed by atoms with Gasteiger partial charge in [0.2, 0.25) is 0 Å². The predicted octanol–water partition coefficient (Wildman–Crippen LogP) is 1.05. The van der Waals surface area contributed by atoms with Gasteiger partial charge in [-0.25, -0.2) is 0 Å². The van der Waals surface area contributed by atoms with E-state index < -0.39 is 0 Å². The van der Waals surface area contributed by atoms with Crippen LogP contribution in [0.1, 0.15) is 3.58 Å². The zero-order chi connectivity index (χ0) is 4.41. The van der Waals surface area contributed by atoms with E-state index in [0.717, 1.165) is 0 Å². The molecule has 32 valence electrons. The first-order valence-corrected chi connectivity index (χ1v) is 4.41. The van der Waals surface area contributed by atoms with Crippen molar-refractivity contribution in [1.29, 1.82) is 0 Å². The summed E-state index contributed by atoms with van der Waals surface area (Å²) in [6.45, 7) is 2.20. The molecule has 1 aromatic heterocycles. The van der Waals surface area contributed by atoms with Gasteiger partial charge in [0.1, 0.15) is 0 Å². The van der Waals surface area contributed by atoms with Gasteiger partial charge in [0.15, 0.2) is 0 Å². The van der Waals surface area contributed by atoms with Gasteiger partial charge in [0, 0.05) is 0 Å². The Balaban J connectivity index is 3.05. The van der Waals surface area contributed by atoms with Crippen molar-refractivity contribution in [2.45, 2.75) is 6.92 Å². The average Bonchev–Trinajstić information content (AvgIpc) is 1.86. The molecule has 1 rings (SSSR count). The zero-order valence-corrected chi connectivity index (χ0v) is 5.97. The van der Waals surface area contributed by atoms with Gasteiger partial charge < -0.3 is 0 Å². The minimum absolute atomic E-state index is 0.213. The maximum absolute atomic E-state index is 2.29. The van der Waals surface area contributed by atoms with E-state index >= 15 is 0 Å². The fourth-order valence-electron chi connectivity index (χ4n) is 0.361. The summed E-state index contributed by atoms with van der Waals surface area (Å²) < 4.78 is 3.89. The Kier molecular flexibility index (Phi) is 1.34. The second-order valence-electron chi connectivity index (χ2n) is 1.22. The topological polar surface area (TPSA) is 0 Å². The van der Waals surface area contributed by atoms with Crippen molar-refractivity contribution in [3.05, 3.63) is 19.8 Å². The fourth-order valence-corrected chi connectivity index (χ4v) is 1.87. The van der Waals surface area contributed by atoms with E-state index in [1.54, 1.807) is 3.58 Å². The SMILES string of the molecule is Cc1ccc[te]1. The molecule has 0 amide bonds. The van der Waals surface area contributed by atoms with Crippen molar-refractivity contribution in [1.82, 2.24) is 0 Å². The second kappa shape index (κ2) is 1.82. The monoisotopic (exact) mass is 196 g/mol. The molecule has 0 spiro atoms. The number of rotatable bonds is 0. The Bertz CT molecular complexity index is 107. The molecule has 1 aromatic rings. The van der Waals surface area contributed by atoms with Crippen molar-refractivity contribution in [3.63, 3.8) is 0 Å². The summed E-state index contributed by atoms with van der Waals surface area (Å²) in [4.78, 5) is 0. The third kappa shape index (κ3) is 0.864. The Morgan fingerprint density at radius 2 is 2.50 bits per heavy atom. The van der Waals surface area contributed by atoms with Gasteiger partial charge in [-0.1, -0.05) is 0 Å². The average molecular weight is 194 g/mol. The number of hydrogen-bond acceptors (Lipinski definition) is 0. The van der Waals surface area contributed by atoms with Gasteiger partial charge in [-0.2, -0.15) is 0 Å². The third-order valence-corrected chi connectivity index (χ3v) is 2.95. The van der Waals surface area contributed by atoms with Crippen molar-refractivity contribution in [2.75, 3.05) is 0 Å². The molecule has 6 heavy (non-hydrogen) atoms. The minimum atomic E-state index is 0.213. The molecule has 0 saturated heterocycles. The maximum atomic E-state index is 2.29. The first-order chi connectivity index (χ1) is 2.89. The van der Waals surface area contributed by atoms with Crippen LogP contribution in [-0.2, 0) is 0 Å². The molecule has 0 bridgehead atoms. The van der Waals surface area contributed by atoms with Crippen molar-refractivity contribution in [2.24, 2.45) is 0 Å². The molecule has 0 fully saturated rings. The van der Waals surface area contributed by atoms with Gasteiger partial charge in [0.25, 0.3) is 0 Å². The quantitative estimate of drug-likeness (QED) is 0.541. The number of aryl methyl sites for hydroxylation is 1. The van der Waals surface area contributed by atoms with E-state index in [0.29, 0.717) is 0 Å². The van der Waals surface area contributed by atoms with Crippen LogP contribution in [0, 0.1) is 6.92 Å². The Hall–Kier alpha value is 0.270. The van der Waals surface area contributed by atoms with E-state index in [9.17, 15) is 0 Å². The molecule has 0 aliphatic heterocycles. The normalized spacial score (nSPS) is 8.83. The number of hydrogen-bond donors (Lipinski definition) is 0. The van der Waals surface area contributed by atoms with Crippen LogP contribution in [0.15, 0.2) is 16.2 Å². The predicted molar refractivity (Wildman–Crippen MR) is 28.1 cm³/mol. The first kappa shape index (κ1) is 4.43. The standard InChI is InChI=1S/C5H6Te/c1-5-3-2-4-6-5/h2-4H,1H3. The molecule has 0 nitrogen and oxygen atoms in total. The summed E-state index contributed by atoms with van der Waals surface area (Å²) in [6, 6.07) is 4.35. The molecule has 0 aliphatic carbocycles. The van der Waals surface area contributed by atoms with Crippen LogP contribution >= 0.6 is 0 Å². The fraction of sp³-hybridized carbons (Fsp3) is 0.200. The van der Waals surface area contributed by atoms with Crippen LogP contribution in [0.5, 0.6) is 0 Å². The van der Waals surface area contributed by atoms with Crippen LogP contribution in [0.25, 0.3) is 0 Å². The van der Waals surface area contributed by atoms with Crippen molar-refractivity contribution in [3.8, 4) is 0 Å². The van der Waals surface area contributed by atoms with Gasteiger partial charge in [-0.3, -0.25) is 0 Å². The summed E-state index contributed by atoms with van der Waals surface area (Å²) in [5.41, 5.74) is 0. The summed E-state index contributed by atoms with van der Waals surface area (Å²) in [5.74, 6) is 0. The molecular formula is C5H6Te.